The summed E-state index contributed by atoms with van der Waals surface area (Å²) in [5.74, 6) is 0.860. The largest absolute Gasteiger partial charge is 0.479 e. The van der Waals surface area contributed by atoms with Gasteiger partial charge in [0, 0.05) is 12.0 Å². The maximum Gasteiger partial charge on any atom is 0.165 e. The average molecular weight is 239 g/mol. The molecule has 2 aromatic carbocycles. The van der Waals surface area contributed by atoms with Gasteiger partial charge in [0.25, 0.3) is 0 Å². The van der Waals surface area contributed by atoms with Crippen molar-refractivity contribution in [3.05, 3.63) is 65.7 Å². The fourth-order valence-electron chi connectivity index (χ4n) is 2.22. The molecule has 0 saturated carbocycles. The second kappa shape index (κ2) is 4.53. The molecule has 3 heteroatoms. The summed E-state index contributed by atoms with van der Waals surface area (Å²) < 4.78 is 5.93. The smallest absolute Gasteiger partial charge is 0.165 e. The fraction of sp³-hybridized carbons (Fsp3) is 0.133. The molecule has 0 spiro atoms. The summed E-state index contributed by atoms with van der Waals surface area (Å²) in [6.07, 6.45) is 0.317. The first-order chi connectivity index (χ1) is 8.88. The van der Waals surface area contributed by atoms with Gasteiger partial charge >= 0.3 is 0 Å². The van der Waals surface area contributed by atoms with E-state index in [1.807, 2.05) is 54.6 Å². The predicted octanol–water partition coefficient (Wildman–Crippen LogP) is 3.19. The lowest BCUT2D eigenvalue weighted by Gasteiger charge is -2.27. The number of hydrogen-bond acceptors (Lipinski definition) is 3. The van der Waals surface area contributed by atoms with Gasteiger partial charge in [-0.3, -0.25) is 0 Å². The van der Waals surface area contributed by atoms with Crippen molar-refractivity contribution in [1.82, 2.24) is 0 Å². The highest BCUT2D eigenvalue weighted by atomic mass is 16.5. The molecule has 1 unspecified atom stereocenters. The number of fused-ring (bicyclic) bond motifs is 1. The van der Waals surface area contributed by atoms with Crippen molar-refractivity contribution in [2.24, 2.45) is 5.16 Å². The molecule has 2 aromatic rings. The molecule has 0 amide bonds. The third-order valence-electron chi connectivity index (χ3n) is 3.12. The summed E-state index contributed by atoms with van der Waals surface area (Å²) in [6, 6.07) is 17.6. The fourth-order valence-corrected chi connectivity index (χ4v) is 2.22. The monoisotopic (exact) mass is 239 g/mol. The molecule has 0 radical (unpaired) electrons. The molecule has 18 heavy (non-hydrogen) atoms. The minimum Gasteiger partial charge on any atom is -0.479 e. The molecule has 0 saturated heterocycles. The van der Waals surface area contributed by atoms with Gasteiger partial charge in [0.1, 0.15) is 11.5 Å². The number of para-hydroxylation sites is 1. The van der Waals surface area contributed by atoms with Gasteiger partial charge in [-0.1, -0.05) is 53.7 Å². The van der Waals surface area contributed by atoms with Gasteiger partial charge in [0.15, 0.2) is 6.10 Å². The topological polar surface area (TPSA) is 41.8 Å². The molecule has 1 aliphatic rings. The number of rotatable bonds is 1. The van der Waals surface area contributed by atoms with Gasteiger partial charge in [-0.25, -0.2) is 0 Å². The maximum absolute atomic E-state index is 9.16. The van der Waals surface area contributed by atoms with Crippen LogP contribution >= 0.6 is 0 Å². The van der Waals surface area contributed by atoms with Crippen LogP contribution in [0.4, 0.5) is 0 Å². The van der Waals surface area contributed by atoms with E-state index in [0.717, 1.165) is 16.9 Å². The van der Waals surface area contributed by atoms with Crippen LogP contribution in [-0.4, -0.2) is 10.9 Å². The zero-order chi connectivity index (χ0) is 12.4. The third kappa shape index (κ3) is 1.84. The highest BCUT2D eigenvalue weighted by molar-refractivity contribution is 5.93. The number of benzene rings is 2. The van der Waals surface area contributed by atoms with Crippen LogP contribution in [0.3, 0.4) is 0 Å². The summed E-state index contributed by atoms with van der Waals surface area (Å²) >= 11 is 0. The van der Waals surface area contributed by atoms with Gasteiger partial charge in [-0.15, -0.1) is 0 Å². The van der Waals surface area contributed by atoms with Crippen molar-refractivity contribution in [1.29, 1.82) is 0 Å². The van der Waals surface area contributed by atoms with Crippen LogP contribution in [-0.2, 0) is 6.42 Å². The number of hydrogen-bond donors (Lipinski definition) is 1. The minimum atomic E-state index is -0.300. The Morgan fingerprint density at radius 3 is 2.50 bits per heavy atom. The van der Waals surface area contributed by atoms with Crippen molar-refractivity contribution in [2.45, 2.75) is 12.5 Å². The Balaban J connectivity index is 2.02. The summed E-state index contributed by atoms with van der Waals surface area (Å²) in [5.41, 5.74) is 2.69. The van der Waals surface area contributed by atoms with Crippen LogP contribution in [0.25, 0.3) is 0 Å². The minimum absolute atomic E-state index is 0.300. The lowest BCUT2D eigenvalue weighted by Crippen LogP contribution is -2.26. The second-order valence-electron chi connectivity index (χ2n) is 4.28. The van der Waals surface area contributed by atoms with Gasteiger partial charge < -0.3 is 9.94 Å². The van der Waals surface area contributed by atoms with Gasteiger partial charge in [-0.2, -0.15) is 0 Å². The van der Waals surface area contributed by atoms with Crippen molar-refractivity contribution in [2.75, 3.05) is 0 Å². The van der Waals surface area contributed by atoms with Crippen LogP contribution in [0.2, 0.25) is 0 Å². The normalized spacial score (nSPS) is 20.2. The summed E-state index contributed by atoms with van der Waals surface area (Å²) in [5, 5.41) is 12.6. The SMILES string of the molecule is O/N=C1\Cc2ccccc2OC1c1ccccc1. The first kappa shape index (κ1) is 10.8. The lowest BCUT2D eigenvalue weighted by molar-refractivity contribution is 0.244. The standard InChI is InChI=1S/C15H13NO2/c17-16-13-10-12-8-4-5-9-14(12)18-15(13)11-6-2-1-3-7-11/h1-9,15,17H,10H2/b16-13+. The van der Waals surface area contributed by atoms with Crippen LogP contribution in [0, 0.1) is 0 Å². The molecule has 1 N–H and O–H groups in total. The van der Waals surface area contributed by atoms with E-state index in [1.165, 1.54) is 0 Å². The van der Waals surface area contributed by atoms with Crippen LogP contribution < -0.4 is 4.74 Å². The van der Waals surface area contributed by atoms with E-state index < -0.39 is 0 Å². The Hall–Kier alpha value is -2.29. The van der Waals surface area contributed by atoms with Crippen molar-refractivity contribution in [3.8, 4) is 5.75 Å². The number of ether oxygens (including phenoxy) is 1. The van der Waals surface area contributed by atoms with Gasteiger partial charge in [-0.05, 0) is 11.6 Å². The molecule has 1 atom stereocenters. The maximum atomic E-state index is 9.16. The zero-order valence-electron chi connectivity index (χ0n) is 9.78. The van der Waals surface area contributed by atoms with E-state index in [1.54, 1.807) is 0 Å². The highest BCUT2D eigenvalue weighted by Crippen LogP contribution is 2.33. The molecular weight excluding hydrogens is 226 g/mol. The van der Waals surface area contributed by atoms with E-state index in [-0.39, 0.29) is 6.10 Å². The quantitative estimate of drug-likeness (QED) is 0.613. The van der Waals surface area contributed by atoms with Crippen molar-refractivity contribution >= 4 is 5.71 Å². The van der Waals surface area contributed by atoms with Gasteiger partial charge in [0.2, 0.25) is 0 Å². The highest BCUT2D eigenvalue weighted by Gasteiger charge is 2.27. The summed E-state index contributed by atoms with van der Waals surface area (Å²) in [7, 11) is 0. The predicted molar refractivity (Wildman–Crippen MR) is 69.2 cm³/mol. The van der Waals surface area contributed by atoms with E-state index in [4.69, 9.17) is 9.94 Å². The van der Waals surface area contributed by atoms with Crippen molar-refractivity contribution in [3.63, 3.8) is 0 Å². The van der Waals surface area contributed by atoms with E-state index in [0.29, 0.717) is 12.1 Å². The summed E-state index contributed by atoms with van der Waals surface area (Å²) in [6.45, 7) is 0. The second-order valence-corrected chi connectivity index (χ2v) is 4.28. The first-order valence-corrected chi connectivity index (χ1v) is 5.89. The molecular formula is C15H13NO2. The number of oxime groups is 1. The molecule has 3 nitrogen and oxygen atoms in total. The molecule has 3 rings (SSSR count). The Kier molecular flexibility index (Phi) is 2.73. The molecule has 1 aliphatic heterocycles. The van der Waals surface area contributed by atoms with Crippen LogP contribution in [0.1, 0.15) is 17.2 Å². The lowest BCUT2D eigenvalue weighted by atomic mass is 9.95. The molecule has 90 valence electrons. The Morgan fingerprint density at radius 1 is 1.00 bits per heavy atom. The summed E-state index contributed by atoms with van der Waals surface area (Å²) in [4.78, 5) is 0. The average Bonchev–Trinajstić information content (AvgIpc) is 2.46. The third-order valence-corrected chi connectivity index (χ3v) is 3.12. The van der Waals surface area contributed by atoms with E-state index in [9.17, 15) is 0 Å². The molecule has 0 aromatic heterocycles. The molecule has 0 fully saturated rings. The number of nitrogens with zero attached hydrogens (tertiary/aromatic N) is 1. The van der Waals surface area contributed by atoms with Crippen LogP contribution in [0.5, 0.6) is 5.75 Å². The van der Waals surface area contributed by atoms with Crippen molar-refractivity contribution < 1.29 is 9.94 Å². The molecule has 0 aliphatic carbocycles. The van der Waals surface area contributed by atoms with Crippen LogP contribution in [0.15, 0.2) is 59.8 Å². The zero-order valence-corrected chi connectivity index (χ0v) is 9.78. The van der Waals surface area contributed by atoms with E-state index >= 15 is 0 Å². The Bertz CT molecular complexity index is 578. The molecule has 0 bridgehead atoms. The Morgan fingerprint density at radius 2 is 1.72 bits per heavy atom. The Labute approximate surface area is 105 Å². The van der Waals surface area contributed by atoms with Gasteiger partial charge in [0.05, 0.1) is 0 Å². The molecule has 1 heterocycles. The van der Waals surface area contributed by atoms with E-state index in [2.05, 4.69) is 5.16 Å². The first-order valence-electron chi connectivity index (χ1n) is 5.89.